The predicted molar refractivity (Wildman–Crippen MR) is 275 cm³/mol. The SMILES string of the molecule is CC1=C(/C=C/C(C)=C/C=C/C(C)=C/C=C/C=C(C)/C=C/C=C(C)/C=C/C2=C(C)C(=O)C([n+]3cc(N)cc(Cl)c3)CC2(C)C)C(C)(C)CC([n+]2cc(N)cc(Cl)c2)C1=O.O=S(=O)([O-])C(F)(F)F.O=S(=O)([O-])C(F)(F)F. The number of anilines is 2. The minimum atomic E-state index is -6.09. The topological polar surface area (TPSA) is 208 Å². The number of allylic oxidation sites excluding steroid dienone is 22. The maximum Gasteiger partial charge on any atom is 0.485 e. The van der Waals surface area contributed by atoms with Gasteiger partial charge in [-0.05, 0) is 75.7 Å². The molecule has 4 N–H and O–H groups in total. The van der Waals surface area contributed by atoms with Gasteiger partial charge in [-0.1, -0.05) is 158 Å². The molecule has 2 aliphatic rings. The van der Waals surface area contributed by atoms with E-state index in [1.54, 1.807) is 36.9 Å². The molecule has 74 heavy (non-hydrogen) atoms. The van der Waals surface area contributed by atoms with E-state index in [1.807, 2.05) is 47.3 Å². The van der Waals surface area contributed by atoms with Gasteiger partial charge in [0, 0.05) is 24.0 Å². The Morgan fingerprint density at radius 1 is 0.581 bits per heavy atom. The van der Waals surface area contributed by atoms with Gasteiger partial charge in [0.15, 0.2) is 45.0 Å². The van der Waals surface area contributed by atoms with Crippen LogP contribution in [0.3, 0.4) is 0 Å². The lowest BCUT2D eigenvalue weighted by molar-refractivity contribution is -0.710. The number of carbonyl (C=O) groups is 2. The Balaban J connectivity index is 0.00000101. The number of Topliss-reactive ketones (excluding diaryl/α,β-unsaturated/α-hetero) is 2. The maximum absolute atomic E-state index is 13.4. The van der Waals surface area contributed by atoms with E-state index in [4.69, 9.17) is 60.6 Å². The fraction of sp³-hybridized carbons (Fsp3) is 0.346. The molecule has 22 heteroatoms. The molecular weight excluding hydrogens is 1060 g/mol. The normalized spacial score (nSPS) is 19.8. The number of ketones is 2. The highest BCUT2D eigenvalue weighted by molar-refractivity contribution is 7.86. The van der Waals surface area contributed by atoms with Crippen LogP contribution in [-0.4, -0.2) is 48.5 Å². The first-order chi connectivity index (χ1) is 33.7. The van der Waals surface area contributed by atoms with E-state index >= 15 is 0 Å². The number of aromatic nitrogens is 2. The van der Waals surface area contributed by atoms with Crippen LogP contribution < -0.4 is 20.6 Å². The quantitative estimate of drug-likeness (QED) is 0.0675. The third-order valence-electron chi connectivity index (χ3n) is 11.3. The van der Waals surface area contributed by atoms with Crippen LogP contribution in [0.2, 0.25) is 10.0 Å². The number of carbonyl (C=O) groups excluding carboxylic acids is 2. The Hall–Kier alpha value is -5.64. The summed E-state index contributed by atoms with van der Waals surface area (Å²) in [6.45, 7) is 20.8. The molecule has 0 fully saturated rings. The summed E-state index contributed by atoms with van der Waals surface area (Å²) in [6, 6.07) is 2.68. The number of hydrogen-bond acceptors (Lipinski definition) is 10. The summed E-state index contributed by atoms with van der Waals surface area (Å²) in [6.07, 6.45) is 37.3. The van der Waals surface area contributed by atoms with Crippen molar-refractivity contribution in [2.24, 2.45) is 10.8 Å². The minimum Gasteiger partial charge on any atom is -0.741 e. The van der Waals surface area contributed by atoms with Crippen molar-refractivity contribution >= 4 is 66.4 Å². The van der Waals surface area contributed by atoms with Crippen LogP contribution in [0.1, 0.15) is 94.2 Å². The molecule has 2 aromatic rings. The van der Waals surface area contributed by atoms with Crippen LogP contribution >= 0.6 is 23.2 Å². The zero-order chi connectivity index (χ0) is 56.9. The molecule has 404 valence electrons. The maximum atomic E-state index is 13.4. The van der Waals surface area contributed by atoms with Gasteiger partial charge in [0.1, 0.15) is 10.0 Å². The molecule has 0 saturated carbocycles. The molecule has 12 nitrogen and oxygen atoms in total. The van der Waals surface area contributed by atoms with Crippen molar-refractivity contribution in [3.63, 3.8) is 0 Å². The summed E-state index contributed by atoms with van der Waals surface area (Å²) in [5.74, 6) is 0.170. The van der Waals surface area contributed by atoms with E-state index in [0.717, 1.165) is 44.6 Å². The van der Waals surface area contributed by atoms with Crippen LogP contribution in [0.25, 0.3) is 0 Å². The van der Waals surface area contributed by atoms with E-state index in [-0.39, 0.29) is 34.5 Å². The lowest BCUT2D eigenvalue weighted by Crippen LogP contribution is -2.48. The van der Waals surface area contributed by atoms with Gasteiger partial charge in [0.2, 0.25) is 23.7 Å². The van der Waals surface area contributed by atoms with Crippen molar-refractivity contribution in [1.29, 1.82) is 0 Å². The first-order valence-electron chi connectivity index (χ1n) is 22.3. The fourth-order valence-electron chi connectivity index (χ4n) is 7.64. The fourth-order valence-corrected chi connectivity index (χ4v) is 8.11. The monoisotopic (exact) mass is 1120 g/mol. The van der Waals surface area contributed by atoms with Gasteiger partial charge in [-0.15, -0.1) is 0 Å². The van der Waals surface area contributed by atoms with Crippen molar-refractivity contribution in [1.82, 2.24) is 0 Å². The van der Waals surface area contributed by atoms with Crippen molar-refractivity contribution in [3.8, 4) is 0 Å². The van der Waals surface area contributed by atoms with Gasteiger partial charge >= 0.3 is 11.0 Å². The number of nitrogens with two attached hydrogens (primary N) is 2. The second-order valence-corrected chi connectivity index (χ2v) is 22.3. The van der Waals surface area contributed by atoms with E-state index in [1.165, 1.54) is 0 Å². The number of nitrogens with zero attached hydrogens (tertiary/aromatic N) is 2. The molecule has 0 bridgehead atoms. The molecule has 2 unspecified atom stereocenters. The molecule has 0 aromatic carbocycles. The molecule has 2 heterocycles. The highest BCUT2D eigenvalue weighted by Crippen LogP contribution is 2.44. The molecule has 2 aliphatic carbocycles. The third kappa shape index (κ3) is 19.9. The first-order valence-corrected chi connectivity index (χ1v) is 25.8. The van der Waals surface area contributed by atoms with E-state index in [2.05, 4.69) is 116 Å². The van der Waals surface area contributed by atoms with Crippen LogP contribution in [0.5, 0.6) is 0 Å². The number of pyridine rings is 2. The van der Waals surface area contributed by atoms with Crippen molar-refractivity contribution in [2.45, 2.75) is 105 Å². The lowest BCUT2D eigenvalue weighted by Gasteiger charge is -2.34. The molecule has 4 rings (SSSR count). The van der Waals surface area contributed by atoms with E-state index < -0.39 is 31.3 Å². The van der Waals surface area contributed by atoms with Crippen molar-refractivity contribution in [2.75, 3.05) is 11.5 Å². The Bertz CT molecular complexity index is 2790. The minimum absolute atomic E-state index is 0.0849. The summed E-state index contributed by atoms with van der Waals surface area (Å²) < 4.78 is 122. The highest BCUT2D eigenvalue weighted by atomic mass is 35.5. The molecule has 2 atom stereocenters. The Kier molecular flexibility index (Phi) is 22.8. The van der Waals surface area contributed by atoms with Gasteiger partial charge in [-0.3, -0.25) is 9.59 Å². The van der Waals surface area contributed by atoms with Crippen LogP contribution in [0.15, 0.2) is 167 Å². The second kappa shape index (κ2) is 26.2. The average molecular weight is 1120 g/mol. The summed E-state index contributed by atoms with van der Waals surface area (Å²) in [5, 5.41) is 1.03. The standard InChI is InChI=1S/C50H60Cl2N4O2.2CHF3O3S/c1-33(17-13-19-35(3)21-23-43-37(5)47(57)45(27-49(43,7)8)55-29-39(51)25-41(53)31-55)15-11-12-16-34(2)18-14-20-36(4)22-24-44-38(6)48(58)46(28-50(44,9)10)56-30-40(52)26-42(54)32-56;2*2-1(3,4)8(5,6)7/h11-26,29-32,45-46H,27-28,53-54H2,1-10H3;2*(H,5,6,7)/q+2;;/p-2/b12-11+,17-13+,18-14+,23-21+,24-22+,33-15+,34-16+,35-19+,36-20+;;. The van der Waals surface area contributed by atoms with Crippen LogP contribution in [0, 0.1) is 10.8 Å². The molecule has 2 aromatic heterocycles. The number of rotatable bonds is 12. The predicted octanol–water partition coefficient (Wildman–Crippen LogP) is 11.8. The Morgan fingerprint density at radius 3 is 1.12 bits per heavy atom. The Labute approximate surface area is 439 Å². The zero-order valence-corrected chi connectivity index (χ0v) is 45.4. The number of halogens is 8. The summed E-state index contributed by atoms with van der Waals surface area (Å²) in [5.41, 5.74) is 9.41. The van der Waals surface area contributed by atoms with Gasteiger partial charge in [-0.2, -0.15) is 35.5 Å². The second-order valence-electron chi connectivity index (χ2n) is 18.7. The van der Waals surface area contributed by atoms with Gasteiger partial charge in [-0.25, -0.2) is 16.8 Å². The number of hydrogen-bond donors (Lipinski definition) is 2. The van der Waals surface area contributed by atoms with Crippen molar-refractivity contribution in [3.05, 3.63) is 177 Å². The highest BCUT2D eigenvalue weighted by Gasteiger charge is 2.44. The first kappa shape index (κ1) is 64.5. The molecule has 0 saturated heterocycles. The molecular formula is C52H60Cl2F6N4O8S2. The van der Waals surface area contributed by atoms with E-state index in [0.29, 0.717) is 34.3 Å². The Morgan fingerprint density at radius 2 is 0.851 bits per heavy atom. The molecule has 0 amide bonds. The largest absolute Gasteiger partial charge is 0.741 e. The van der Waals surface area contributed by atoms with Crippen LogP contribution in [0.4, 0.5) is 37.7 Å². The van der Waals surface area contributed by atoms with Crippen molar-refractivity contribution < 1.29 is 71.0 Å². The van der Waals surface area contributed by atoms with Gasteiger partial charge in [0.25, 0.3) is 0 Å². The number of nitrogen functional groups attached to an aromatic ring is 2. The van der Waals surface area contributed by atoms with Crippen LogP contribution in [-0.2, 0) is 29.8 Å². The van der Waals surface area contributed by atoms with Gasteiger partial charge in [0.05, 0.1) is 11.4 Å². The molecule has 0 aliphatic heterocycles. The summed E-state index contributed by atoms with van der Waals surface area (Å²) in [7, 11) is -12.2. The average Bonchev–Trinajstić information content (AvgIpc) is 3.23. The van der Waals surface area contributed by atoms with E-state index in [9.17, 15) is 35.9 Å². The van der Waals surface area contributed by atoms with Gasteiger partial charge < -0.3 is 20.6 Å². The zero-order valence-electron chi connectivity index (χ0n) is 42.3. The molecule has 0 radical (unpaired) electrons. The number of alkyl halides is 6. The smallest absolute Gasteiger partial charge is 0.485 e. The lowest BCUT2D eigenvalue weighted by atomic mass is 9.70. The third-order valence-corrected chi connectivity index (χ3v) is 12.9. The summed E-state index contributed by atoms with van der Waals surface area (Å²) >= 11 is 12.5. The summed E-state index contributed by atoms with van der Waals surface area (Å²) in [4.78, 5) is 26.9. The molecule has 0 spiro atoms.